The highest BCUT2D eigenvalue weighted by Crippen LogP contribution is 2.21. The normalized spacial score (nSPS) is 16.6. The Kier molecular flexibility index (Phi) is 7.20. The first kappa shape index (κ1) is 20.1. The molecule has 0 aliphatic carbocycles. The lowest BCUT2D eigenvalue weighted by Gasteiger charge is -2.35. The van der Waals surface area contributed by atoms with Crippen LogP contribution in [-0.2, 0) is 11.2 Å². The smallest absolute Gasteiger partial charge is 0.253 e. The fraction of sp³-hybridized carbons (Fsp3) is 0.391. The number of hydrogen-bond acceptors (Lipinski definition) is 3. The monoisotopic (exact) mass is 379 g/mol. The van der Waals surface area contributed by atoms with Gasteiger partial charge in [0.2, 0.25) is 5.91 Å². The van der Waals surface area contributed by atoms with Crippen LogP contribution >= 0.6 is 0 Å². The van der Waals surface area contributed by atoms with E-state index in [2.05, 4.69) is 12.1 Å². The van der Waals surface area contributed by atoms with Crippen LogP contribution in [0.1, 0.15) is 28.8 Å². The summed E-state index contributed by atoms with van der Waals surface area (Å²) in [6, 6.07) is 19.5. The number of rotatable bonds is 7. The number of nitrogens with zero attached hydrogens (tertiary/aromatic N) is 2. The van der Waals surface area contributed by atoms with E-state index in [4.69, 9.17) is 5.73 Å². The van der Waals surface area contributed by atoms with Crippen LogP contribution in [0.3, 0.4) is 0 Å². The first-order valence-electron chi connectivity index (χ1n) is 10.1. The van der Waals surface area contributed by atoms with E-state index in [0.717, 1.165) is 19.3 Å². The molecule has 2 N–H and O–H groups in total. The minimum absolute atomic E-state index is 0.00719. The van der Waals surface area contributed by atoms with Crippen LogP contribution in [0.15, 0.2) is 60.7 Å². The Hall–Kier alpha value is -2.66. The largest absolute Gasteiger partial charge is 0.341 e. The molecule has 1 atom stereocenters. The molecular weight excluding hydrogens is 350 g/mol. The average Bonchev–Trinajstić information content (AvgIpc) is 2.77. The van der Waals surface area contributed by atoms with Gasteiger partial charge in [0.15, 0.2) is 0 Å². The van der Waals surface area contributed by atoms with Gasteiger partial charge in [0.25, 0.3) is 5.91 Å². The van der Waals surface area contributed by atoms with Crippen LogP contribution in [-0.4, -0.2) is 54.3 Å². The van der Waals surface area contributed by atoms with Crippen LogP contribution < -0.4 is 5.73 Å². The standard InChI is InChI=1S/C23H29N3O2/c24-14-17-25(16-13-19-8-3-1-4-9-19)23(28)21-12-7-15-26(18-21)22(27)20-10-5-2-6-11-20/h1-6,8-11,21H,7,12-18,24H2. The van der Waals surface area contributed by atoms with Gasteiger partial charge in [-0.05, 0) is 37.0 Å². The molecule has 1 saturated heterocycles. The number of likely N-dealkylation sites (tertiary alicyclic amines) is 1. The fourth-order valence-corrected chi connectivity index (χ4v) is 3.78. The second-order valence-corrected chi connectivity index (χ2v) is 7.31. The van der Waals surface area contributed by atoms with E-state index in [1.165, 1.54) is 5.56 Å². The number of benzene rings is 2. The van der Waals surface area contributed by atoms with Gasteiger partial charge in [-0.15, -0.1) is 0 Å². The van der Waals surface area contributed by atoms with Crippen molar-refractivity contribution in [3.8, 4) is 0 Å². The Morgan fingerprint density at radius 3 is 2.36 bits per heavy atom. The highest BCUT2D eigenvalue weighted by atomic mass is 16.2. The molecule has 0 radical (unpaired) electrons. The molecule has 0 spiro atoms. The Bertz CT molecular complexity index is 764. The van der Waals surface area contributed by atoms with Crippen LogP contribution in [0.4, 0.5) is 0 Å². The van der Waals surface area contributed by atoms with Gasteiger partial charge in [-0.1, -0.05) is 48.5 Å². The van der Waals surface area contributed by atoms with Gasteiger partial charge in [-0.25, -0.2) is 0 Å². The molecule has 1 heterocycles. The van der Waals surface area contributed by atoms with E-state index in [9.17, 15) is 9.59 Å². The molecular formula is C23H29N3O2. The van der Waals surface area contributed by atoms with Gasteiger partial charge in [-0.3, -0.25) is 9.59 Å². The Morgan fingerprint density at radius 2 is 1.68 bits per heavy atom. The number of carbonyl (C=O) groups excluding carboxylic acids is 2. The Balaban J connectivity index is 1.62. The van der Waals surface area contributed by atoms with Gasteiger partial charge in [0.1, 0.15) is 0 Å². The Labute approximate surface area is 167 Å². The van der Waals surface area contributed by atoms with Crippen molar-refractivity contribution in [3.63, 3.8) is 0 Å². The summed E-state index contributed by atoms with van der Waals surface area (Å²) >= 11 is 0. The molecule has 2 aromatic carbocycles. The summed E-state index contributed by atoms with van der Waals surface area (Å²) in [6.07, 6.45) is 2.49. The maximum atomic E-state index is 13.1. The lowest BCUT2D eigenvalue weighted by molar-refractivity contribution is -0.136. The molecule has 1 aliphatic rings. The zero-order valence-electron chi connectivity index (χ0n) is 16.3. The van der Waals surface area contributed by atoms with Gasteiger partial charge in [0.05, 0.1) is 5.92 Å². The SMILES string of the molecule is NCCN(CCc1ccccc1)C(=O)C1CCCN(C(=O)c2ccccc2)C1. The molecule has 1 aliphatic heterocycles. The van der Waals surface area contributed by atoms with Crippen molar-refractivity contribution < 1.29 is 9.59 Å². The minimum Gasteiger partial charge on any atom is -0.341 e. The third-order valence-corrected chi connectivity index (χ3v) is 5.30. The van der Waals surface area contributed by atoms with Crippen LogP contribution in [0.25, 0.3) is 0 Å². The molecule has 28 heavy (non-hydrogen) atoms. The summed E-state index contributed by atoms with van der Waals surface area (Å²) < 4.78 is 0. The van der Waals surface area contributed by atoms with Gasteiger partial charge in [-0.2, -0.15) is 0 Å². The summed E-state index contributed by atoms with van der Waals surface area (Å²) in [6.45, 7) is 2.84. The lowest BCUT2D eigenvalue weighted by atomic mass is 9.95. The van der Waals surface area contributed by atoms with Crippen molar-refractivity contribution in [1.29, 1.82) is 0 Å². The molecule has 2 aromatic rings. The highest BCUT2D eigenvalue weighted by molar-refractivity contribution is 5.94. The van der Waals surface area contributed by atoms with Gasteiger partial charge < -0.3 is 15.5 Å². The summed E-state index contributed by atoms with van der Waals surface area (Å²) in [4.78, 5) is 29.6. The van der Waals surface area contributed by atoms with Crippen molar-refractivity contribution in [2.75, 3.05) is 32.7 Å². The maximum Gasteiger partial charge on any atom is 0.253 e. The second-order valence-electron chi connectivity index (χ2n) is 7.31. The average molecular weight is 380 g/mol. The summed E-state index contributed by atoms with van der Waals surface area (Å²) in [5, 5.41) is 0. The number of nitrogens with two attached hydrogens (primary N) is 1. The van der Waals surface area contributed by atoms with Crippen molar-refractivity contribution in [2.45, 2.75) is 19.3 Å². The van der Waals surface area contributed by atoms with Gasteiger partial charge >= 0.3 is 0 Å². The summed E-state index contributed by atoms with van der Waals surface area (Å²) in [7, 11) is 0. The zero-order chi connectivity index (χ0) is 19.8. The third kappa shape index (κ3) is 5.20. The van der Waals surface area contributed by atoms with Crippen molar-refractivity contribution >= 4 is 11.8 Å². The highest BCUT2D eigenvalue weighted by Gasteiger charge is 2.31. The molecule has 1 fully saturated rings. The quantitative estimate of drug-likeness (QED) is 0.804. The summed E-state index contributed by atoms with van der Waals surface area (Å²) in [5.41, 5.74) is 7.65. The molecule has 3 rings (SSSR count). The van der Waals surface area contributed by atoms with Crippen molar-refractivity contribution in [2.24, 2.45) is 11.7 Å². The molecule has 0 bridgehead atoms. The van der Waals surface area contributed by atoms with E-state index in [-0.39, 0.29) is 17.7 Å². The molecule has 1 unspecified atom stereocenters. The zero-order valence-corrected chi connectivity index (χ0v) is 16.3. The predicted molar refractivity (Wildman–Crippen MR) is 111 cm³/mol. The number of carbonyl (C=O) groups is 2. The maximum absolute atomic E-state index is 13.1. The van der Waals surface area contributed by atoms with Crippen LogP contribution in [0.2, 0.25) is 0 Å². The Morgan fingerprint density at radius 1 is 1.00 bits per heavy atom. The molecule has 5 heteroatoms. The fourth-order valence-electron chi connectivity index (χ4n) is 3.78. The third-order valence-electron chi connectivity index (χ3n) is 5.30. The minimum atomic E-state index is -0.149. The van der Waals surface area contributed by atoms with Crippen molar-refractivity contribution in [3.05, 3.63) is 71.8 Å². The topological polar surface area (TPSA) is 66.6 Å². The first-order chi connectivity index (χ1) is 13.7. The number of hydrogen-bond donors (Lipinski definition) is 1. The molecule has 0 saturated carbocycles. The first-order valence-corrected chi connectivity index (χ1v) is 10.1. The van der Waals surface area contributed by atoms with E-state index in [1.54, 1.807) is 0 Å². The molecule has 2 amide bonds. The van der Waals surface area contributed by atoms with E-state index in [0.29, 0.717) is 38.3 Å². The molecule has 5 nitrogen and oxygen atoms in total. The van der Waals surface area contributed by atoms with Crippen LogP contribution in [0.5, 0.6) is 0 Å². The lowest BCUT2D eigenvalue weighted by Crippen LogP contribution is -2.48. The van der Waals surface area contributed by atoms with Crippen LogP contribution in [0, 0.1) is 5.92 Å². The van der Waals surface area contributed by atoms with Gasteiger partial charge in [0, 0.05) is 38.3 Å². The molecule has 148 valence electrons. The predicted octanol–water partition coefficient (Wildman–Crippen LogP) is 2.57. The number of amides is 2. The van der Waals surface area contributed by atoms with Crippen molar-refractivity contribution in [1.82, 2.24) is 9.80 Å². The number of piperidine rings is 1. The van der Waals surface area contributed by atoms with E-state index < -0.39 is 0 Å². The van der Waals surface area contributed by atoms with E-state index in [1.807, 2.05) is 58.3 Å². The molecule has 0 aromatic heterocycles. The van der Waals surface area contributed by atoms with E-state index >= 15 is 0 Å². The summed E-state index contributed by atoms with van der Waals surface area (Å²) in [5.74, 6) is -0.0246. The second kappa shape index (κ2) is 10.0.